The van der Waals surface area contributed by atoms with Gasteiger partial charge >= 0.3 is 0 Å². The lowest BCUT2D eigenvalue weighted by atomic mass is 9.86. The largest absolute Gasteiger partial charge is 0.393 e. The van der Waals surface area contributed by atoms with Crippen LogP contribution in [-0.4, -0.2) is 28.6 Å². The second-order valence-corrected chi connectivity index (χ2v) is 5.92. The number of nitrogens with zero attached hydrogens (tertiary/aromatic N) is 1. The minimum atomic E-state index is -0.220. The Hall–Kier alpha value is -1.06. The summed E-state index contributed by atoms with van der Waals surface area (Å²) in [5, 5.41) is 10.2. The second kappa shape index (κ2) is 7.09. The Morgan fingerprint density at radius 3 is 2.65 bits per heavy atom. The number of aliphatic hydroxyl groups excluding tert-OH is 1. The Bertz CT molecular complexity index is 456. The van der Waals surface area contributed by atoms with Crippen molar-refractivity contribution in [1.29, 1.82) is 0 Å². The van der Waals surface area contributed by atoms with E-state index in [0.29, 0.717) is 18.1 Å². The van der Waals surface area contributed by atoms with Crippen LogP contribution < -0.4 is 0 Å². The molecule has 1 N–H and O–H groups in total. The Morgan fingerprint density at radius 2 is 2.05 bits per heavy atom. The van der Waals surface area contributed by atoms with Gasteiger partial charge in [0.05, 0.1) is 6.10 Å². The summed E-state index contributed by atoms with van der Waals surface area (Å²) in [5.41, 5.74) is 1.06. The van der Waals surface area contributed by atoms with Gasteiger partial charge in [0.15, 0.2) is 0 Å². The third kappa shape index (κ3) is 3.97. The lowest BCUT2D eigenvalue weighted by Crippen LogP contribution is -2.37. The summed E-state index contributed by atoms with van der Waals surface area (Å²) in [7, 11) is 0. The van der Waals surface area contributed by atoms with Crippen LogP contribution in [0.3, 0.4) is 0 Å². The molecule has 0 radical (unpaired) electrons. The molecule has 0 bridgehead atoms. The molecule has 0 spiro atoms. The molecule has 1 aromatic rings. The number of rotatable bonds is 4. The number of benzene rings is 1. The van der Waals surface area contributed by atoms with Crippen molar-refractivity contribution >= 4 is 17.5 Å². The molecular weight excluding hydrogens is 274 g/mol. The van der Waals surface area contributed by atoms with Gasteiger partial charge in [-0.3, -0.25) is 4.79 Å². The molecule has 110 valence electrons. The van der Waals surface area contributed by atoms with E-state index in [2.05, 4.69) is 0 Å². The van der Waals surface area contributed by atoms with Gasteiger partial charge in [-0.25, -0.2) is 0 Å². The van der Waals surface area contributed by atoms with Crippen LogP contribution in [-0.2, 0) is 11.3 Å². The third-order valence-electron chi connectivity index (χ3n) is 4.00. The van der Waals surface area contributed by atoms with Crippen molar-refractivity contribution in [1.82, 2.24) is 4.90 Å². The summed E-state index contributed by atoms with van der Waals surface area (Å²) >= 11 is 5.98. The van der Waals surface area contributed by atoms with Gasteiger partial charge in [0.25, 0.3) is 0 Å². The van der Waals surface area contributed by atoms with E-state index in [4.69, 9.17) is 11.6 Å². The average Bonchev–Trinajstić information content (AvgIpc) is 2.45. The number of carbonyl (C=O) groups is 1. The molecular formula is C16H22ClNO2. The lowest BCUT2D eigenvalue weighted by molar-refractivity contribution is -0.137. The van der Waals surface area contributed by atoms with E-state index in [1.54, 1.807) is 0 Å². The van der Waals surface area contributed by atoms with Gasteiger partial charge in [0.2, 0.25) is 5.91 Å². The number of amides is 1. The second-order valence-electron chi connectivity index (χ2n) is 5.49. The predicted molar refractivity (Wildman–Crippen MR) is 80.5 cm³/mol. The standard InChI is InChI=1S/C16H22ClNO2/c1-2-18(11-12-4-3-5-14(17)10-12)16(20)13-6-8-15(19)9-7-13/h3-5,10,13,15,19H,2,6-9,11H2,1H3. The van der Waals surface area contributed by atoms with E-state index >= 15 is 0 Å². The molecule has 1 fully saturated rings. The highest BCUT2D eigenvalue weighted by Crippen LogP contribution is 2.26. The molecule has 4 heteroatoms. The van der Waals surface area contributed by atoms with Gasteiger partial charge in [-0.1, -0.05) is 23.7 Å². The van der Waals surface area contributed by atoms with Crippen LogP contribution in [0.1, 0.15) is 38.2 Å². The monoisotopic (exact) mass is 295 g/mol. The normalized spacial score (nSPS) is 22.6. The van der Waals surface area contributed by atoms with E-state index in [-0.39, 0.29) is 17.9 Å². The number of halogens is 1. The van der Waals surface area contributed by atoms with Gasteiger partial charge in [0.1, 0.15) is 0 Å². The van der Waals surface area contributed by atoms with Gasteiger partial charge in [0, 0.05) is 24.0 Å². The quantitative estimate of drug-likeness (QED) is 0.926. The topological polar surface area (TPSA) is 40.5 Å². The van der Waals surface area contributed by atoms with Gasteiger partial charge < -0.3 is 10.0 Å². The highest BCUT2D eigenvalue weighted by atomic mass is 35.5. The Kier molecular flexibility index (Phi) is 5.44. The average molecular weight is 296 g/mol. The zero-order valence-electron chi connectivity index (χ0n) is 11.9. The first-order valence-corrected chi connectivity index (χ1v) is 7.69. The smallest absolute Gasteiger partial charge is 0.225 e. The molecule has 20 heavy (non-hydrogen) atoms. The fourth-order valence-corrected chi connectivity index (χ4v) is 3.00. The first-order valence-electron chi connectivity index (χ1n) is 7.31. The predicted octanol–water partition coefficient (Wildman–Crippen LogP) is 3.24. The summed E-state index contributed by atoms with van der Waals surface area (Å²) in [6.07, 6.45) is 2.86. The molecule has 0 aliphatic heterocycles. The maximum Gasteiger partial charge on any atom is 0.225 e. The summed E-state index contributed by atoms with van der Waals surface area (Å²) in [6.45, 7) is 3.31. The Labute approximate surface area is 125 Å². The van der Waals surface area contributed by atoms with Crippen LogP contribution in [0.4, 0.5) is 0 Å². The van der Waals surface area contributed by atoms with Crippen molar-refractivity contribution in [3.8, 4) is 0 Å². The summed E-state index contributed by atoms with van der Waals surface area (Å²) in [6, 6.07) is 7.65. The zero-order chi connectivity index (χ0) is 14.5. The van der Waals surface area contributed by atoms with Crippen LogP contribution in [0.15, 0.2) is 24.3 Å². The van der Waals surface area contributed by atoms with Crippen molar-refractivity contribution in [2.75, 3.05) is 6.54 Å². The molecule has 1 amide bonds. The number of aliphatic hydroxyl groups is 1. The minimum absolute atomic E-state index is 0.0672. The molecule has 1 aromatic carbocycles. The van der Waals surface area contributed by atoms with Crippen molar-refractivity contribution in [3.63, 3.8) is 0 Å². The molecule has 0 heterocycles. The zero-order valence-corrected chi connectivity index (χ0v) is 12.6. The number of hydrogen-bond acceptors (Lipinski definition) is 2. The van der Waals surface area contributed by atoms with Crippen LogP contribution in [0, 0.1) is 5.92 Å². The maximum absolute atomic E-state index is 12.5. The van der Waals surface area contributed by atoms with E-state index in [9.17, 15) is 9.90 Å². The molecule has 2 rings (SSSR count). The molecule has 1 saturated carbocycles. The Morgan fingerprint density at radius 1 is 1.35 bits per heavy atom. The van der Waals surface area contributed by atoms with Crippen molar-refractivity contribution in [2.45, 2.75) is 45.3 Å². The van der Waals surface area contributed by atoms with E-state index < -0.39 is 0 Å². The van der Waals surface area contributed by atoms with E-state index in [0.717, 1.165) is 31.2 Å². The van der Waals surface area contributed by atoms with E-state index in [1.165, 1.54) is 0 Å². The lowest BCUT2D eigenvalue weighted by Gasteiger charge is -2.30. The summed E-state index contributed by atoms with van der Waals surface area (Å²) < 4.78 is 0. The highest BCUT2D eigenvalue weighted by Gasteiger charge is 2.28. The number of carbonyl (C=O) groups excluding carboxylic acids is 1. The fraction of sp³-hybridized carbons (Fsp3) is 0.562. The van der Waals surface area contributed by atoms with Gasteiger partial charge in [-0.2, -0.15) is 0 Å². The molecule has 3 nitrogen and oxygen atoms in total. The van der Waals surface area contributed by atoms with Crippen LogP contribution in [0.25, 0.3) is 0 Å². The fourth-order valence-electron chi connectivity index (χ4n) is 2.78. The number of hydrogen-bond donors (Lipinski definition) is 1. The van der Waals surface area contributed by atoms with Crippen molar-refractivity contribution < 1.29 is 9.90 Å². The van der Waals surface area contributed by atoms with Crippen LogP contribution >= 0.6 is 11.6 Å². The summed E-state index contributed by atoms with van der Waals surface area (Å²) in [5.74, 6) is 0.275. The molecule has 1 aliphatic rings. The molecule has 0 unspecified atom stereocenters. The molecule has 1 aliphatic carbocycles. The van der Waals surface area contributed by atoms with Gasteiger partial charge in [-0.15, -0.1) is 0 Å². The molecule has 0 saturated heterocycles. The first kappa shape index (κ1) is 15.3. The van der Waals surface area contributed by atoms with Gasteiger partial charge in [-0.05, 0) is 50.3 Å². The van der Waals surface area contributed by atoms with Crippen LogP contribution in [0.2, 0.25) is 5.02 Å². The minimum Gasteiger partial charge on any atom is -0.393 e. The maximum atomic E-state index is 12.5. The molecule has 0 atom stereocenters. The Balaban J connectivity index is 1.99. The van der Waals surface area contributed by atoms with Crippen molar-refractivity contribution in [3.05, 3.63) is 34.9 Å². The SMILES string of the molecule is CCN(Cc1cccc(Cl)c1)C(=O)C1CCC(O)CC1. The van der Waals surface area contributed by atoms with Crippen molar-refractivity contribution in [2.24, 2.45) is 5.92 Å². The third-order valence-corrected chi connectivity index (χ3v) is 4.24. The van der Waals surface area contributed by atoms with Crippen LogP contribution in [0.5, 0.6) is 0 Å². The summed E-state index contributed by atoms with van der Waals surface area (Å²) in [4.78, 5) is 14.4. The first-order chi connectivity index (χ1) is 9.60. The highest BCUT2D eigenvalue weighted by molar-refractivity contribution is 6.30. The van der Waals surface area contributed by atoms with E-state index in [1.807, 2.05) is 36.1 Å². The molecule has 0 aromatic heterocycles.